The molecule has 0 saturated carbocycles. The average Bonchev–Trinajstić information content (AvgIpc) is 3.05. The third-order valence-electron chi connectivity index (χ3n) is 5.37. The lowest BCUT2D eigenvalue weighted by atomic mass is 10.0. The number of ether oxygens (including phenoxy) is 2. The Morgan fingerprint density at radius 3 is 2.30 bits per heavy atom. The fourth-order valence-corrected chi connectivity index (χ4v) is 3.88. The van der Waals surface area contributed by atoms with Crippen molar-refractivity contribution in [2.45, 2.75) is 6.54 Å². The van der Waals surface area contributed by atoms with E-state index in [0.717, 1.165) is 4.90 Å². The lowest BCUT2D eigenvalue weighted by Crippen LogP contribution is -2.32. The lowest BCUT2D eigenvalue weighted by molar-refractivity contribution is -0.137. The van der Waals surface area contributed by atoms with Gasteiger partial charge >= 0.3 is 0 Å². The van der Waals surface area contributed by atoms with E-state index in [1.165, 1.54) is 12.1 Å². The van der Waals surface area contributed by atoms with E-state index < -0.39 is 17.6 Å². The van der Waals surface area contributed by atoms with E-state index in [1.807, 2.05) is 0 Å². The van der Waals surface area contributed by atoms with Gasteiger partial charge in [-0.2, -0.15) is 0 Å². The Labute approximate surface area is 194 Å². The number of benzene rings is 3. The molecular formula is C25H18ClFN2O4. The highest BCUT2D eigenvalue weighted by Gasteiger charge is 2.39. The van der Waals surface area contributed by atoms with Gasteiger partial charge in [-0.1, -0.05) is 35.9 Å². The summed E-state index contributed by atoms with van der Waals surface area (Å²) in [6.07, 6.45) is 0. The number of carbonyl (C=O) groups excluding carboxylic acids is 2. The van der Waals surface area contributed by atoms with E-state index in [1.54, 1.807) is 54.6 Å². The van der Waals surface area contributed by atoms with Gasteiger partial charge in [-0.05, 0) is 47.5 Å². The van der Waals surface area contributed by atoms with Crippen molar-refractivity contribution in [3.63, 3.8) is 0 Å². The van der Waals surface area contributed by atoms with Gasteiger partial charge in [-0.25, -0.2) is 4.39 Å². The molecule has 166 valence electrons. The fraction of sp³-hybridized carbons (Fsp3) is 0.120. The summed E-state index contributed by atoms with van der Waals surface area (Å²) >= 11 is 6.02. The van der Waals surface area contributed by atoms with Gasteiger partial charge in [-0.15, -0.1) is 0 Å². The minimum atomic E-state index is -0.482. The number of amides is 2. The zero-order valence-electron chi connectivity index (χ0n) is 17.3. The Hall–Kier alpha value is -3.84. The SMILES string of the molecule is O=C1C(Nc2ccc3c(c2)OCCO3)=C(c2ccc(Cl)cc2)C(=O)N1Cc1ccc(F)cc1. The molecule has 0 aromatic heterocycles. The van der Waals surface area contributed by atoms with E-state index in [2.05, 4.69) is 5.32 Å². The predicted octanol–water partition coefficient (Wildman–Crippen LogP) is 4.64. The monoisotopic (exact) mass is 464 g/mol. The number of carbonyl (C=O) groups is 2. The third kappa shape index (κ3) is 4.15. The lowest BCUT2D eigenvalue weighted by Gasteiger charge is -2.19. The molecule has 0 unspecified atom stereocenters. The van der Waals surface area contributed by atoms with Crippen LogP contribution < -0.4 is 14.8 Å². The van der Waals surface area contributed by atoms with Crippen molar-refractivity contribution < 1.29 is 23.5 Å². The van der Waals surface area contributed by atoms with Gasteiger partial charge in [0.15, 0.2) is 11.5 Å². The van der Waals surface area contributed by atoms with Crippen LogP contribution in [-0.2, 0) is 16.1 Å². The quantitative estimate of drug-likeness (QED) is 0.557. The second-order valence-corrected chi connectivity index (χ2v) is 8.00. The molecule has 2 aliphatic heterocycles. The van der Waals surface area contributed by atoms with Crippen LogP contribution in [0.2, 0.25) is 5.02 Å². The highest BCUT2D eigenvalue weighted by Crippen LogP contribution is 2.36. The van der Waals surface area contributed by atoms with Gasteiger partial charge in [0.1, 0.15) is 24.7 Å². The molecule has 0 bridgehead atoms. The Morgan fingerprint density at radius 1 is 0.879 bits per heavy atom. The summed E-state index contributed by atoms with van der Waals surface area (Å²) in [5.74, 6) is -0.153. The minimum Gasteiger partial charge on any atom is -0.486 e. The second-order valence-electron chi connectivity index (χ2n) is 7.56. The summed E-state index contributed by atoms with van der Waals surface area (Å²) in [4.78, 5) is 27.9. The molecule has 0 radical (unpaired) electrons. The molecule has 0 fully saturated rings. The Bertz CT molecular complexity index is 1270. The first-order chi connectivity index (χ1) is 16.0. The molecule has 2 heterocycles. The van der Waals surface area contributed by atoms with Gasteiger partial charge in [0.25, 0.3) is 11.8 Å². The Kier molecular flexibility index (Phi) is 5.48. The standard InChI is InChI=1S/C25H18ClFN2O4/c26-17-5-3-16(4-6-17)22-23(28-19-9-10-20-21(13-19)33-12-11-32-20)25(31)29(24(22)30)14-15-1-7-18(27)8-2-15/h1-10,13,28H,11-12,14H2. The van der Waals surface area contributed by atoms with E-state index in [9.17, 15) is 14.0 Å². The van der Waals surface area contributed by atoms with Crippen molar-refractivity contribution in [1.29, 1.82) is 0 Å². The molecule has 0 spiro atoms. The van der Waals surface area contributed by atoms with Gasteiger partial charge in [-0.3, -0.25) is 14.5 Å². The summed E-state index contributed by atoms with van der Waals surface area (Å²) < 4.78 is 24.5. The highest BCUT2D eigenvalue weighted by atomic mass is 35.5. The molecule has 2 amide bonds. The molecule has 3 aromatic carbocycles. The van der Waals surface area contributed by atoms with Crippen molar-refractivity contribution in [3.05, 3.63) is 94.4 Å². The van der Waals surface area contributed by atoms with Crippen LogP contribution in [0.15, 0.2) is 72.4 Å². The van der Waals surface area contributed by atoms with Crippen LogP contribution in [0.3, 0.4) is 0 Å². The number of hydrogen-bond acceptors (Lipinski definition) is 5. The highest BCUT2D eigenvalue weighted by molar-refractivity contribution is 6.36. The summed E-state index contributed by atoms with van der Waals surface area (Å²) in [6.45, 7) is 0.913. The van der Waals surface area contributed by atoms with Crippen molar-refractivity contribution in [3.8, 4) is 11.5 Å². The summed E-state index contributed by atoms with van der Waals surface area (Å²) in [5, 5.41) is 3.61. The molecule has 6 nitrogen and oxygen atoms in total. The summed E-state index contributed by atoms with van der Waals surface area (Å²) in [5.41, 5.74) is 2.13. The van der Waals surface area contributed by atoms with Gasteiger partial charge in [0.2, 0.25) is 0 Å². The fourth-order valence-electron chi connectivity index (χ4n) is 3.76. The smallest absolute Gasteiger partial charge is 0.278 e. The molecule has 33 heavy (non-hydrogen) atoms. The first-order valence-electron chi connectivity index (χ1n) is 10.3. The molecule has 0 saturated heterocycles. The van der Waals surface area contributed by atoms with Gasteiger partial charge in [0.05, 0.1) is 12.1 Å². The first kappa shape index (κ1) is 21.0. The number of fused-ring (bicyclic) bond motifs is 1. The normalized spacial score (nSPS) is 15.3. The summed E-state index contributed by atoms with van der Waals surface area (Å²) in [7, 11) is 0. The second kappa shape index (κ2) is 8.60. The van der Waals surface area contributed by atoms with E-state index >= 15 is 0 Å². The number of imide groups is 1. The van der Waals surface area contributed by atoms with Crippen LogP contribution in [0.1, 0.15) is 11.1 Å². The number of hydrogen-bond donors (Lipinski definition) is 1. The maximum absolute atomic E-state index is 13.4. The number of nitrogens with zero attached hydrogens (tertiary/aromatic N) is 1. The number of anilines is 1. The first-order valence-corrected chi connectivity index (χ1v) is 10.6. The topological polar surface area (TPSA) is 67.9 Å². The van der Waals surface area contributed by atoms with Crippen molar-refractivity contribution >= 4 is 34.7 Å². The minimum absolute atomic E-state index is 0.0152. The molecule has 3 aromatic rings. The largest absolute Gasteiger partial charge is 0.486 e. The van der Waals surface area contributed by atoms with E-state index in [4.69, 9.17) is 21.1 Å². The van der Waals surface area contributed by atoms with Crippen LogP contribution >= 0.6 is 11.6 Å². The molecule has 2 aliphatic rings. The maximum Gasteiger partial charge on any atom is 0.278 e. The van der Waals surface area contributed by atoms with Crippen molar-refractivity contribution in [2.75, 3.05) is 18.5 Å². The molecule has 0 aliphatic carbocycles. The van der Waals surface area contributed by atoms with Crippen molar-refractivity contribution in [1.82, 2.24) is 4.90 Å². The van der Waals surface area contributed by atoms with Crippen molar-refractivity contribution in [2.24, 2.45) is 0 Å². The zero-order chi connectivity index (χ0) is 22.9. The molecule has 1 N–H and O–H groups in total. The molecular weight excluding hydrogens is 447 g/mol. The van der Waals surface area contributed by atoms with Crippen LogP contribution in [0, 0.1) is 5.82 Å². The van der Waals surface area contributed by atoms with Crippen LogP contribution in [0.4, 0.5) is 10.1 Å². The average molecular weight is 465 g/mol. The molecule has 0 atom stereocenters. The maximum atomic E-state index is 13.4. The van der Waals surface area contributed by atoms with Gasteiger partial charge in [0, 0.05) is 16.8 Å². The van der Waals surface area contributed by atoms with Gasteiger partial charge < -0.3 is 14.8 Å². The van der Waals surface area contributed by atoms with Crippen LogP contribution in [0.5, 0.6) is 11.5 Å². The number of halogens is 2. The summed E-state index contributed by atoms with van der Waals surface area (Å²) in [6, 6.07) is 17.6. The van der Waals surface area contributed by atoms with Crippen LogP contribution in [-0.4, -0.2) is 29.9 Å². The Balaban J connectivity index is 1.51. The van der Waals surface area contributed by atoms with E-state index in [0.29, 0.717) is 46.5 Å². The number of nitrogens with one attached hydrogen (secondary N) is 1. The molecule has 8 heteroatoms. The predicted molar refractivity (Wildman–Crippen MR) is 121 cm³/mol. The molecule has 5 rings (SSSR count). The zero-order valence-corrected chi connectivity index (χ0v) is 18.1. The van der Waals surface area contributed by atoms with E-state index in [-0.39, 0.29) is 17.8 Å². The van der Waals surface area contributed by atoms with Crippen LogP contribution in [0.25, 0.3) is 5.57 Å². The Morgan fingerprint density at radius 2 is 1.58 bits per heavy atom. The number of rotatable bonds is 5. The third-order valence-corrected chi connectivity index (χ3v) is 5.62.